The Kier molecular flexibility index (Phi) is 4.02. The molecule has 1 atom stereocenters. The molecule has 0 fully saturated rings. The first-order valence-electron chi connectivity index (χ1n) is 8.08. The van der Waals surface area contributed by atoms with E-state index in [-0.39, 0.29) is 11.2 Å². The number of nitrogens with zero attached hydrogens (tertiary/aromatic N) is 2. The van der Waals surface area contributed by atoms with Crippen LogP contribution in [0.1, 0.15) is 18.1 Å². The fourth-order valence-electron chi connectivity index (χ4n) is 3.04. The second kappa shape index (κ2) is 6.32. The van der Waals surface area contributed by atoms with Crippen molar-refractivity contribution in [3.05, 3.63) is 59.7 Å². The summed E-state index contributed by atoms with van der Waals surface area (Å²) >= 11 is 1.38. The fourth-order valence-corrected chi connectivity index (χ4v) is 3.89. The van der Waals surface area contributed by atoms with Crippen molar-refractivity contribution in [2.45, 2.75) is 30.4 Å². The lowest BCUT2D eigenvalue weighted by molar-refractivity contribution is -0.131. The summed E-state index contributed by atoms with van der Waals surface area (Å²) in [5.74, 6) is 0.136. The molecule has 0 spiro atoms. The highest BCUT2D eigenvalue weighted by Gasteiger charge is 2.26. The number of thioether (sulfide) groups is 1. The molecule has 122 valence electrons. The highest BCUT2D eigenvalue weighted by Crippen LogP contribution is 2.28. The van der Waals surface area contributed by atoms with Gasteiger partial charge in [-0.15, -0.1) is 0 Å². The maximum absolute atomic E-state index is 12.8. The smallest absolute Gasteiger partial charge is 0.257 e. The molecule has 0 saturated carbocycles. The molecule has 3 aromatic rings. The van der Waals surface area contributed by atoms with E-state index < -0.39 is 0 Å². The van der Waals surface area contributed by atoms with Crippen molar-refractivity contribution >= 4 is 28.8 Å². The molecular weight excluding hydrogens is 320 g/mol. The summed E-state index contributed by atoms with van der Waals surface area (Å²) in [4.78, 5) is 19.1. The van der Waals surface area contributed by atoms with Crippen LogP contribution in [0.2, 0.25) is 0 Å². The third kappa shape index (κ3) is 2.91. The number of hydrogen-bond donors (Lipinski definition) is 0. The minimum Gasteiger partial charge on any atom is -0.431 e. The summed E-state index contributed by atoms with van der Waals surface area (Å²) in [6.45, 7) is 3.38. The normalized spacial score (nSPS) is 15.3. The highest BCUT2D eigenvalue weighted by atomic mass is 32.2. The Morgan fingerprint density at radius 3 is 2.75 bits per heavy atom. The van der Waals surface area contributed by atoms with Crippen LogP contribution in [0.4, 0.5) is 0 Å². The van der Waals surface area contributed by atoms with Gasteiger partial charge in [0, 0.05) is 13.1 Å². The zero-order valence-corrected chi connectivity index (χ0v) is 14.3. The molecule has 2 heterocycles. The fraction of sp³-hybridized carbons (Fsp3) is 0.263. The molecule has 0 saturated heterocycles. The molecule has 0 radical (unpaired) electrons. The van der Waals surface area contributed by atoms with E-state index in [0.29, 0.717) is 11.8 Å². The van der Waals surface area contributed by atoms with Crippen molar-refractivity contribution in [1.82, 2.24) is 9.88 Å². The van der Waals surface area contributed by atoms with Crippen molar-refractivity contribution < 1.29 is 9.21 Å². The molecule has 5 heteroatoms. The number of carbonyl (C=O) groups excluding carboxylic acids is 1. The number of amides is 1. The molecule has 1 aromatic heterocycles. The molecule has 1 aliphatic rings. The van der Waals surface area contributed by atoms with E-state index in [2.05, 4.69) is 23.2 Å². The quantitative estimate of drug-likeness (QED) is 0.680. The average molecular weight is 338 g/mol. The molecule has 1 aliphatic heterocycles. The highest BCUT2D eigenvalue weighted by molar-refractivity contribution is 8.00. The van der Waals surface area contributed by atoms with Crippen LogP contribution < -0.4 is 0 Å². The first kappa shape index (κ1) is 15.3. The Bertz CT molecular complexity index is 857. The van der Waals surface area contributed by atoms with Crippen LogP contribution in [-0.4, -0.2) is 27.6 Å². The van der Waals surface area contributed by atoms with Crippen molar-refractivity contribution in [1.29, 1.82) is 0 Å². The largest absolute Gasteiger partial charge is 0.431 e. The number of hydrogen-bond acceptors (Lipinski definition) is 4. The van der Waals surface area contributed by atoms with Crippen molar-refractivity contribution in [2.75, 3.05) is 6.54 Å². The molecule has 1 amide bonds. The Morgan fingerprint density at radius 2 is 1.92 bits per heavy atom. The summed E-state index contributed by atoms with van der Waals surface area (Å²) in [6.07, 6.45) is 0.919. The van der Waals surface area contributed by atoms with E-state index in [1.165, 1.54) is 22.9 Å². The lowest BCUT2D eigenvalue weighted by atomic mass is 10.00. The Hall–Kier alpha value is -2.27. The van der Waals surface area contributed by atoms with E-state index in [0.717, 1.165) is 24.1 Å². The second-order valence-electron chi connectivity index (χ2n) is 5.99. The van der Waals surface area contributed by atoms with Crippen molar-refractivity contribution in [2.24, 2.45) is 0 Å². The van der Waals surface area contributed by atoms with Gasteiger partial charge in [0.15, 0.2) is 5.58 Å². The van der Waals surface area contributed by atoms with Gasteiger partial charge in [-0.2, -0.15) is 0 Å². The summed E-state index contributed by atoms with van der Waals surface area (Å²) in [5, 5.41) is 0.331. The Balaban J connectivity index is 1.46. The maximum atomic E-state index is 12.8. The van der Waals surface area contributed by atoms with Crippen LogP contribution in [0.15, 0.2) is 58.2 Å². The third-order valence-electron chi connectivity index (χ3n) is 4.34. The van der Waals surface area contributed by atoms with E-state index in [9.17, 15) is 4.79 Å². The van der Waals surface area contributed by atoms with Gasteiger partial charge in [0.2, 0.25) is 5.91 Å². The topological polar surface area (TPSA) is 46.3 Å². The number of aromatic nitrogens is 1. The molecule has 24 heavy (non-hydrogen) atoms. The maximum Gasteiger partial charge on any atom is 0.257 e. The van der Waals surface area contributed by atoms with Gasteiger partial charge in [0.25, 0.3) is 5.22 Å². The van der Waals surface area contributed by atoms with Gasteiger partial charge in [0.1, 0.15) is 5.52 Å². The zero-order valence-electron chi connectivity index (χ0n) is 13.4. The Morgan fingerprint density at radius 1 is 1.17 bits per heavy atom. The first-order valence-corrected chi connectivity index (χ1v) is 8.96. The standard InChI is InChI=1S/C19H18N2O2S/c1-13(24-19-20-16-8-4-5-9-17(16)23-19)18(22)21-11-10-14-6-2-3-7-15(14)12-21/h2-9,13H,10-12H2,1H3/t13-/m1/s1. The van der Waals surface area contributed by atoms with Crippen LogP contribution in [0.5, 0.6) is 0 Å². The second-order valence-corrected chi connectivity index (χ2v) is 7.28. The van der Waals surface area contributed by atoms with Crippen molar-refractivity contribution in [3.63, 3.8) is 0 Å². The number of carbonyl (C=O) groups is 1. The molecule has 0 unspecified atom stereocenters. The van der Waals surface area contributed by atoms with Gasteiger partial charge in [-0.1, -0.05) is 48.2 Å². The summed E-state index contributed by atoms with van der Waals surface area (Å²) in [7, 11) is 0. The number of oxazole rings is 1. The lowest BCUT2D eigenvalue weighted by Crippen LogP contribution is -2.40. The number of fused-ring (bicyclic) bond motifs is 2. The van der Waals surface area contributed by atoms with E-state index in [1.54, 1.807) is 0 Å². The number of para-hydroxylation sites is 2. The van der Waals surface area contributed by atoms with Gasteiger partial charge < -0.3 is 9.32 Å². The molecule has 0 bridgehead atoms. The van der Waals surface area contributed by atoms with Gasteiger partial charge in [0.05, 0.1) is 5.25 Å². The van der Waals surface area contributed by atoms with E-state index >= 15 is 0 Å². The molecular formula is C19H18N2O2S. The third-order valence-corrected chi connectivity index (χ3v) is 5.27. The first-order chi connectivity index (χ1) is 11.7. The van der Waals surface area contributed by atoms with Crippen LogP contribution in [0.3, 0.4) is 0 Å². The summed E-state index contributed by atoms with van der Waals surface area (Å²) in [5.41, 5.74) is 4.18. The van der Waals surface area contributed by atoms with Crippen molar-refractivity contribution in [3.8, 4) is 0 Å². The number of benzene rings is 2. The van der Waals surface area contributed by atoms with Crippen LogP contribution >= 0.6 is 11.8 Å². The molecule has 0 aliphatic carbocycles. The average Bonchev–Trinajstić information content (AvgIpc) is 3.02. The van der Waals surface area contributed by atoms with Crippen LogP contribution in [-0.2, 0) is 17.8 Å². The Labute approximate surface area is 144 Å². The molecule has 4 nitrogen and oxygen atoms in total. The summed E-state index contributed by atoms with van der Waals surface area (Å²) in [6, 6.07) is 16.0. The van der Waals surface area contributed by atoms with Gasteiger partial charge in [-0.3, -0.25) is 4.79 Å². The number of rotatable bonds is 3. The van der Waals surface area contributed by atoms with Gasteiger partial charge in [-0.25, -0.2) is 4.98 Å². The van der Waals surface area contributed by atoms with E-state index in [1.807, 2.05) is 42.2 Å². The van der Waals surface area contributed by atoms with Gasteiger partial charge in [-0.05, 0) is 36.6 Å². The summed E-state index contributed by atoms with van der Waals surface area (Å²) < 4.78 is 5.71. The predicted molar refractivity (Wildman–Crippen MR) is 94.9 cm³/mol. The zero-order chi connectivity index (χ0) is 16.5. The monoisotopic (exact) mass is 338 g/mol. The minimum absolute atomic E-state index is 0.136. The van der Waals surface area contributed by atoms with Crippen LogP contribution in [0, 0.1) is 0 Å². The predicted octanol–water partition coefficient (Wildman–Crippen LogP) is 3.89. The van der Waals surface area contributed by atoms with Gasteiger partial charge >= 0.3 is 0 Å². The molecule has 4 rings (SSSR count). The lowest BCUT2D eigenvalue weighted by Gasteiger charge is -2.30. The molecule has 2 aromatic carbocycles. The molecule has 0 N–H and O–H groups in total. The van der Waals surface area contributed by atoms with Crippen LogP contribution in [0.25, 0.3) is 11.1 Å². The SMILES string of the molecule is C[C@@H](Sc1nc2ccccc2o1)C(=O)N1CCc2ccccc2C1. The minimum atomic E-state index is -0.219. The van der Waals surface area contributed by atoms with E-state index in [4.69, 9.17) is 4.42 Å².